The lowest BCUT2D eigenvalue weighted by Gasteiger charge is -2.20. The minimum absolute atomic E-state index is 0.335. The molecule has 3 heteroatoms. The Kier molecular flexibility index (Phi) is 3.68. The number of rotatable bonds is 4. The van der Waals surface area contributed by atoms with Crippen LogP contribution in [-0.4, -0.2) is 16.9 Å². The van der Waals surface area contributed by atoms with E-state index in [9.17, 15) is 4.79 Å². The van der Waals surface area contributed by atoms with E-state index in [-0.39, 0.29) is 0 Å². The van der Waals surface area contributed by atoms with Gasteiger partial charge in [0.25, 0.3) is 0 Å². The van der Waals surface area contributed by atoms with E-state index in [2.05, 4.69) is 27.9 Å². The Hall–Kier alpha value is 0.200. The largest absolute Gasteiger partial charge is 0.356 e. The normalized spacial score (nSPS) is 34.8. The molecule has 3 atom stereocenters. The summed E-state index contributed by atoms with van der Waals surface area (Å²) in [4.78, 5) is 11.8. The van der Waals surface area contributed by atoms with Crippen molar-refractivity contribution in [3.8, 4) is 0 Å². The molecular formula is C11H18INO. The number of alkyl halides is 1. The lowest BCUT2D eigenvalue weighted by Crippen LogP contribution is -2.34. The summed E-state index contributed by atoms with van der Waals surface area (Å²) in [6, 6.07) is 0. The monoisotopic (exact) mass is 307 g/mol. The van der Waals surface area contributed by atoms with E-state index in [4.69, 9.17) is 0 Å². The summed E-state index contributed by atoms with van der Waals surface area (Å²) in [6.45, 7) is 0.871. The number of hydrogen-bond acceptors (Lipinski definition) is 1. The standard InChI is InChI=1S/C11H18INO/c12-4-1-5-13-11(14)10-7-8-2-3-9(10)6-8/h8-10H,1-7H2,(H,13,14). The topological polar surface area (TPSA) is 29.1 Å². The van der Waals surface area contributed by atoms with Crippen LogP contribution in [0.1, 0.15) is 32.1 Å². The van der Waals surface area contributed by atoms with Crippen LogP contribution in [0.5, 0.6) is 0 Å². The van der Waals surface area contributed by atoms with Crippen molar-refractivity contribution in [1.29, 1.82) is 0 Å². The molecular weight excluding hydrogens is 289 g/mol. The molecule has 0 spiro atoms. The first kappa shape index (κ1) is 10.7. The van der Waals surface area contributed by atoms with Crippen molar-refractivity contribution in [2.75, 3.05) is 11.0 Å². The number of nitrogens with one attached hydrogen (secondary N) is 1. The number of hydrogen-bond donors (Lipinski definition) is 1. The highest BCUT2D eigenvalue weighted by atomic mass is 127. The van der Waals surface area contributed by atoms with Crippen molar-refractivity contribution in [1.82, 2.24) is 5.32 Å². The van der Waals surface area contributed by atoms with Crippen LogP contribution in [0.15, 0.2) is 0 Å². The summed E-state index contributed by atoms with van der Waals surface area (Å²) < 4.78 is 1.13. The van der Waals surface area contributed by atoms with Crippen molar-refractivity contribution in [2.24, 2.45) is 17.8 Å². The second-order valence-corrected chi connectivity index (χ2v) is 5.69. The number of fused-ring (bicyclic) bond motifs is 2. The van der Waals surface area contributed by atoms with Gasteiger partial charge in [0.1, 0.15) is 0 Å². The smallest absolute Gasteiger partial charge is 0.223 e. The van der Waals surface area contributed by atoms with Gasteiger partial charge >= 0.3 is 0 Å². The van der Waals surface area contributed by atoms with Crippen LogP contribution in [-0.2, 0) is 4.79 Å². The maximum Gasteiger partial charge on any atom is 0.223 e. The molecule has 1 N–H and O–H groups in total. The summed E-state index contributed by atoms with van der Waals surface area (Å²) in [6.07, 6.45) is 6.27. The van der Waals surface area contributed by atoms with Crippen molar-refractivity contribution < 1.29 is 4.79 Å². The fourth-order valence-electron chi connectivity index (χ4n) is 2.98. The third kappa shape index (κ3) is 2.23. The Balaban J connectivity index is 1.75. The molecule has 2 fully saturated rings. The van der Waals surface area contributed by atoms with Gasteiger partial charge in [0, 0.05) is 16.9 Å². The van der Waals surface area contributed by atoms with Crippen molar-refractivity contribution in [2.45, 2.75) is 32.1 Å². The van der Waals surface area contributed by atoms with Gasteiger partial charge in [0.05, 0.1) is 0 Å². The molecule has 14 heavy (non-hydrogen) atoms. The molecule has 0 aliphatic heterocycles. The second kappa shape index (κ2) is 4.81. The maximum absolute atomic E-state index is 11.8. The molecule has 0 aromatic rings. The molecule has 2 aliphatic carbocycles. The number of halogens is 1. The minimum atomic E-state index is 0.335. The molecule has 3 unspecified atom stereocenters. The van der Waals surface area contributed by atoms with Gasteiger partial charge in [-0.25, -0.2) is 0 Å². The molecule has 2 bridgehead atoms. The molecule has 2 nitrogen and oxygen atoms in total. The first-order valence-corrected chi connectivity index (χ1v) is 7.17. The second-order valence-electron chi connectivity index (χ2n) is 4.61. The van der Waals surface area contributed by atoms with E-state index >= 15 is 0 Å². The fourth-order valence-corrected chi connectivity index (χ4v) is 3.36. The Labute approximate surface area is 99.4 Å². The highest BCUT2D eigenvalue weighted by molar-refractivity contribution is 14.1. The average molecular weight is 307 g/mol. The van der Waals surface area contributed by atoms with Crippen LogP contribution in [0.25, 0.3) is 0 Å². The molecule has 0 aromatic heterocycles. The molecule has 80 valence electrons. The summed E-state index contributed by atoms with van der Waals surface area (Å²) in [5, 5.41) is 3.07. The molecule has 0 saturated heterocycles. The molecule has 0 heterocycles. The Morgan fingerprint density at radius 2 is 2.21 bits per heavy atom. The molecule has 2 rings (SSSR count). The van der Waals surface area contributed by atoms with Crippen LogP contribution in [0, 0.1) is 17.8 Å². The molecule has 0 aromatic carbocycles. The highest BCUT2D eigenvalue weighted by Gasteiger charge is 2.42. The lowest BCUT2D eigenvalue weighted by atomic mass is 9.88. The van der Waals surface area contributed by atoms with Crippen LogP contribution in [0.4, 0.5) is 0 Å². The van der Waals surface area contributed by atoms with Gasteiger partial charge in [-0.1, -0.05) is 29.0 Å². The lowest BCUT2D eigenvalue weighted by molar-refractivity contribution is -0.126. The van der Waals surface area contributed by atoms with E-state index in [1.54, 1.807) is 0 Å². The first-order chi connectivity index (χ1) is 6.81. The van der Waals surface area contributed by atoms with Crippen LogP contribution in [0.3, 0.4) is 0 Å². The van der Waals surface area contributed by atoms with E-state index < -0.39 is 0 Å². The minimum Gasteiger partial charge on any atom is -0.356 e. The first-order valence-electron chi connectivity index (χ1n) is 5.65. The summed E-state index contributed by atoms with van der Waals surface area (Å²) in [7, 11) is 0. The zero-order valence-corrected chi connectivity index (χ0v) is 10.6. The fraction of sp³-hybridized carbons (Fsp3) is 0.909. The zero-order chi connectivity index (χ0) is 9.97. The summed E-state index contributed by atoms with van der Waals surface area (Å²) >= 11 is 2.35. The zero-order valence-electron chi connectivity index (χ0n) is 8.47. The number of amides is 1. The van der Waals surface area contributed by atoms with Crippen LogP contribution in [0.2, 0.25) is 0 Å². The Bertz CT molecular complexity index is 219. The molecule has 0 radical (unpaired) electrons. The van der Waals surface area contributed by atoms with E-state index in [1.807, 2.05) is 0 Å². The van der Waals surface area contributed by atoms with Gasteiger partial charge in [-0.2, -0.15) is 0 Å². The number of carbonyl (C=O) groups is 1. The van der Waals surface area contributed by atoms with E-state index in [0.29, 0.717) is 11.8 Å². The van der Waals surface area contributed by atoms with Crippen LogP contribution < -0.4 is 5.32 Å². The van der Waals surface area contributed by atoms with Gasteiger partial charge in [-0.15, -0.1) is 0 Å². The average Bonchev–Trinajstić information content (AvgIpc) is 2.79. The SMILES string of the molecule is O=C(NCCCI)C1CC2CCC1C2. The van der Waals surface area contributed by atoms with Crippen molar-refractivity contribution in [3.05, 3.63) is 0 Å². The molecule has 2 saturated carbocycles. The van der Waals surface area contributed by atoms with Crippen molar-refractivity contribution >= 4 is 28.5 Å². The van der Waals surface area contributed by atoms with Gasteiger partial charge in [0.15, 0.2) is 0 Å². The van der Waals surface area contributed by atoms with E-state index in [1.165, 1.54) is 25.7 Å². The van der Waals surface area contributed by atoms with Gasteiger partial charge in [-0.3, -0.25) is 4.79 Å². The number of carbonyl (C=O) groups excluding carboxylic acids is 1. The van der Waals surface area contributed by atoms with E-state index in [0.717, 1.165) is 29.2 Å². The van der Waals surface area contributed by atoms with Gasteiger partial charge < -0.3 is 5.32 Å². The molecule has 2 aliphatic rings. The third-order valence-corrected chi connectivity index (χ3v) is 4.45. The molecule has 1 amide bonds. The quantitative estimate of drug-likeness (QED) is 0.482. The third-order valence-electron chi connectivity index (χ3n) is 3.68. The van der Waals surface area contributed by atoms with Gasteiger partial charge in [-0.05, 0) is 37.5 Å². The predicted octanol–water partition coefficient (Wildman–Crippen LogP) is 2.36. The summed E-state index contributed by atoms with van der Waals surface area (Å²) in [5.41, 5.74) is 0. The Morgan fingerprint density at radius 3 is 2.79 bits per heavy atom. The predicted molar refractivity (Wildman–Crippen MR) is 65.5 cm³/mol. The van der Waals surface area contributed by atoms with Gasteiger partial charge in [0.2, 0.25) is 5.91 Å². The van der Waals surface area contributed by atoms with Crippen LogP contribution >= 0.6 is 22.6 Å². The van der Waals surface area contributed by atoms with Crippen molar-refractivity contribution in [3.63, 3.8) is 0 Å². The summed E-state index contributed by atoms with van der Waals surface area (Å²) in [5.74, 6) is 2.30. The maximum atomic E-state index is 11.8. The highest BCUT2D eigenvalue weighted by Crippen LogP contribution is 2.48. The Morgan fingerprint density at radius 1 is 1.36 bits per heavy atom.